The smallest absolute Gasteiger partial charge is 0.109 e. The van der Waals surface area contributed by atoms with Crippen LogP contribution in [-0.2, 0) is 0 Å². The Hall–Kier alpha value is -0.280. The third-order valence-electron chi connectivity index (χ3n) is 0.939. The molecule has 9 heavy (non-hydrogen) atoms. The van der Waals surface area contributed by atoms with Crippen LogP contribution in [0.15, 0.2) is 0 Å². The highest BCUT2D eigenvalue weighted by Gasteiger charge is 1.96. The number of aromatic nitrogens is 1. The maximum Gasteiger partial charge on any atom is 0.109 e. The first-order valence-corrected chi connectivity index (χ1v) is 3.21. The zero-order valence-corrected chi connectivity index (χ0v) is 6.97. The number of nitrogens with zero attached hydrogens (tertiary/aromatic N) is 1. The normalized spacial score (nSPS) is 8.67. The lowest BCUT2D eigenvalue weighted by Crippen LogP contribution is -1.81. The molecule has 0 atom stereocenters. The van der Waals surface area contributed by atoms with Crippen LogP contribution in [-0.4, -0.2) is 4.98 Å². The summed E-state index contributed by atoms with van der Waals surface area (Å²) in [6, 6.07) is 0. The zero-order valence-electron chi connectivity index (χ0n) is 5.34. The minimum absolute atomic E-state index is 0. The Kier molecular flexibility index (Phi) is 2.94. The molecular weight excluding hydrogens is 156 g/mol. The molecule has 2 nitrogen and oxygen atoms in total. The van der Waals surface area contributed by atoms with Gasteiger partial charge in [0.25, 0.3) is 0 Å². The van der Waals surface area contributed by atoms with Gasteiger partial charge in [0.05, 0.1) is 10.7 Å². The zero-order chi connectivity index (χ0) is 6.15. The minimum Gasteiger partial charge on any atom is -0.389 e. The quantitative estimate of drug-likeness (QED) is 0.635. The molecule has 0 saturated heterocycles. The fourth-order valence-corrected chi connectivity index (χ4v) is 1.24. The molecule has 52 valence electrons. The van der Waals surface area contributed by atoms with Crippen molar-refractivity contribution in [2.45, 2.75) is 13.8 Å². The van der Waals surface area contributed by atoms with E-state index in [-0.39, 0.29) is 12.4 Å². The maximum absolute atomic E-state index is 5.50. The number of aryl methyl sites for hydroxylation is 2. The maximum atomic E-state index is 5.50. The Bertz CT molecular complexity index is 177. The Morgan fingerprint density at radius 3 is 2.11 bits per heavy atom. The van der Waals surface area contributed by atoms with Crippen molar-refractivity contribution < 1.29 is 0 Å². The van der Waals surface area contributed by atoms with Crippen LogP contribution in [0.4, 0.5) is 5.00 Å². The van der Waals surface area contributed by atoms with Crippen molar-refractivity contribution in [1.82, 2.24) is 4.98 Å². The van der Waals surface area contributed by atoms with Crippen molar-refractivity contribution in [3.8, 4) is 0 Å². The number of anilines is 1. The third kappa shape index (κ3) is 1.84. The molecule has 0 radical (unpaired) electrons. The summed E-state index contributed by atoms with van der Waals surface area (Å²) in [4.78, 5) is 4.10. The molecule has 0 fully saturated rings. The second-order valence-corrected chi connectivity index (χ2v) is 2.92. The highest BCUT2D eigenvalue weighted by Crippen LogP contribution is 2.17. The number of hydrogen-bond acceptors (Lipinski definition) is 3. The van der Waals surface area contributed by atoms with Crippen LogP contribution < -0.4 is 5.73 Å². The lowest BCUT2D eigenvalue weighted by atomic mass is 10.5. The minimum atomic E-state index is 0. The molecule has 2 N–H and O–H groups in total. The third-order valence-corrected chi connectivity index (χ3v) is 1.84. The summed E-state index contributed by atoms with van der Waals surface area (Å²) in [5.74, 6) is 0. The van der Waals surface area contributed by atoms with E-state index >= 15 is 0 Å². The first kappa shape index (κ1) is 8.72. The van der Waals surface area contributed by atoms with E-state index in [0.717, 1.165) is 15.7 Å². The first-order chi connectivity index (χ1) is 3.70. The first-order valence-electron chi connectivity index (χ1n) is 2.39. The SMILES string of the molecule is Cc1nc(C)c(N)s1.Cl. The van der Waals surface area contributed by atoms with Crippen molar-refractivity contribution >= 4 is 28.7 Å². The molecule has 0 aliphatic rings. The van der Waals surface area contributed by atoms with E-state index in [2.05, 4.69) is 4.98 Å². The number of nitrogens with two attached hydrogens (primary N) is 1. The molecule has 0 spiro atoms. The molecule has 0 aromatic carbocycles. The van der Waals surface area contributed by atoms with Crippen LogP contribution in [0.25, 0.3) is 0 Å². The van der Waals surface area contributed by atoms with Crippen LogP contribution in [0.3, 0.4) is 0 Å². The second-order valence-electron chi connectivity index (χ2n) is 1.68. The fraction of sp³-hybridized carbons (Fsp3) is 0.400. The van der Waals surface area contributed by atoms with Gasteiger partial charge in [0.15, 0.2) is 0 Å². The number of thiazole rings is 1. The van der Waals surface area contributed by atoms with E-state index in [1.165, 1.54) is 11.3 Å². The van der Waals surface area contributed by atoms with Gasteiger partial charge in [-0.25, -0.2) is 4.98 Å². The lowest BCUT2D eigenvalue weighted by molar-refractivity contribution is 1.20. The topological polar surface area (TPSA) is 38.9 Å². The highest BCUT2D eigenvalue weighted by atomic mass is 35.5. The molecular formula is C5H9ClN2S. The van der Waals surface area contributed by atoms with E-state index in [1.807, 2.05) is 13.8 Å². The van der Waals surface area contributed by atoms with Crippen LogP contribution in [0.2, 0.25) is 0 Å². The van der Waals surface area contributed by atoms with Gasteiger partial charge in [-0.15, -0.1) is 23.7 Å². The molecule has 1 aromatic rings. The molecule has 4 heteroatoms. The number of rotatable bonds is 0. The van der Waals surface area contributed by atoms with E-state index in [0.29, 0.717) is 0 Å². The van der Waals surface area contributed by atoms with Gasteiger partial charge in [0.1, 0.15) is 5.00 Å². The van der Waals surface area contributed by atoms with Crippen molar-refractivity contribution in [3.63, 3.8) is 0 Å². The molecule has 0 amide bonds. The summed E-state index contributed by atoms with van der Waals surface area (Å²) < 4.78 is 0. The van der Waals surface area contributed by atoms with Gasteiger partial charge in [-0.05, 0) is 13.8 Å². The van der Waals surface area contributed by atoms with Crippen molar-refractivity contribution in [1.29, 1.82) is 0 Å². The van der Waals surface area contributed by atoms with Gasteiger partial charge in [0, 0.05) is 0 Å². The van der Waals surface area contributed by atoms with Crippen molar-refractivity contribution in [3.05, 3.63) is 10.7 Å². The van der Waals surface area contributed by atoms with Crippen LogP contribution in [0.1, 0.15) is 10.7 Å². The van der Waals surface area contributed by atoms with Gasteiger partial charge >= 0.3 is 0 Å². The van der Waals surface area contributed by atoms with Crippen molar-refractivity contribution in [2.75, 3.05) is 5.73 Å². The molecule has 0 unspecified atom stereocenters. The number of halogens is 1. The molecule has 0 aliphatic heterocycles. The van der Waals surface area contributed by atoms with E-state index in [4.69, 9.17) is 5.73 Å². The van der Waals surface area contributed by atoms with Gasteiger partial charge in [-0.2, -0.15) is 0 Å². The van der Waals surface area contributed by atoms with Crippen molar-refractivity contribution in [2.24, 2.45) is 0 Å². The highest BCUT2D eigenvalue weighted by molar-refractivity contribution is 7.15. The van der Waals surface area contributed by atoms with E-state index < -0.39 is 0 Å². The largest absolute Gasteiger partial charge is 0.389 e. The summed E-state index contributed by atoms with van der Waals surface area (Å²) in [5.41, 5.74) is 6.45. The van der Waals surface area contributed by atoms with E-state index in [9.17, 15) is 0 Å². The Balaban J connectivity index is 0.000000640. The Morgan fingerprint density at radius 1 is 1.44 bits per heavy atom. The molecule has 0 saturated carbocycles. The number of nitrogen functional groups attached to an aromatic ring is 1. The summed E-state index contributed by atoms with van der Waals surface area (Å²) >= 11 is 1.54. The predicted octanol–water partition coefficient (Wildman–Crippen LogP) is 1.76. The summed E-state index contributed by atoms with van der Waals surface area (Å²) in [7, 11) is 0. The van der Waals surface area contributed by atoms with Crippen LogP contribution in [0, 0.1) is 13.8 Å². The number of hydrogen-bond donors (Lipinski definition) is 1. The van der Waals surface area contributed by atoms with Gasteiger partial charge in [0.2, 0.25) is 0 Å². The van der Waals surface area contributed by atoms with E-state index in [1.54, 1.807) is 0 Å². The summed E-state index contributed by atoms with van der Waals surface area (Å²) in [6.45, 7) is 3.87. The molecule has 1 aromatic heterocycles. The second kappa shape index (κ2) is 3.03. The lowest BCUT2D eigenvalue weighted by Gasteiger charge is -1.78. The Morgan fingerprint density at radius 2 is 2.00 bits per heavy atom. The molecule has 1 rings (SSSR count). The molecule has 1 heterocycles. The van der Waals surface area contributed by atoms with Crippen LogP contribution >= 0.6 is 23.7 Å². The standard InChI is InChI=1S/C5H8N2S.ClH/c1-3-5(6)8-4(2)7-3;/h6H2,1-2H3;1H. The Labute approximate surface area is 64.5 Å². The summed E-state index contributed by atoms with van der Waals surface area (Å²) in [5, 5.41) is 1.88. The predicted molar refractivity (Wildman–Crippen MR) is 43.2 cm³/mol. The van der Waals surface area contributed by atoms with Gasteiger partial charge in [-0.3, -0.25) is 0 Å². The molecule has 0 aliphatic carbocycles. The average molecular weight is 165 g/mol. The fourth-order valence-electron chi connectivity index (χ4n) is 0.547. The monoisotopic (exact) mass is 164 g/mol. The van der Waals surface area contributed by atoms with Gasteiger partial charge < -0.3 is 5.73 Å². The average Bonchev–Trinajstić information content (AvgIpc) is 1.85. The van der Waals surface area contributed by atoms with Gasteiger partial charge in [-0.1, -0.05) is 0 Å². The molecule has 0 bridgehead atoms. The van der Waals surface area contributed by atoms with Crippen LogP contribution in [0.5, 0.6) is 0 Å². The summed E-state index contributed by atoms with van der Waals surface area (Å²) in [6.07, 6.45) is 0.